The number of hydrogen-bond acceptors (Lipinski definition) is 7. The molecule has 0 fully saturated rings. The quantitative estimate of drug-likeness (QED) is 0.389. The molecule has 4 N–H and O–H groups in total. The van der Waals surface area contributed by atoms with E-state index in [0.717, 1.165) is 16.6 Å². The molecule has 2 aromatic heterocycles. The number of benzene rings is 2. The summed E-state index contributed by atoms with van der Waals surface area (Å²) in [7, 11) is 1.51. The smallest absolute Gasteiger partial charge is 0.162 e. The maximum absolute atomic E-state index is 9.94. The van der Waals surface area contributed by atoms with E-state index in [9.17, 15) is 5.11 Å². The minimum Gasteiger partial charge on any atom is -0.504 e. The van der Waals surface area contributed by atoms with Gasteiger partial charge in [0.25, 0.3) is 0 Å². The summed E-state index contributed by atoms with van der Waals surface area (Å²) in [5.41, 5.74) is 2.27. The number of H-pyrrole nitrogens is 1. The van der Waals surface area contributed by atoms with Crippen molar-refractivity contribution in [1.82, 2.24) is 20.2 Å². The Morgan fingerprint density at radius 1 is 1.14 bits per heavy atom. The number of halogens is 1. The van der Waals surface area contributed by atoms with Crippen molar-refractivity contribution in [1.29, 1.82) is 0 Å². The van der Waals surface area contributed by atoms with Crippen molar-refractivity contribution in [2.45, 2.75) is 6.54 Å². The highest BCUT2D eigenvalue weighted by molar-refractivity contribution is 6.30. The van der Waals surface area contributed by atoms with Crippen molar-refractivity contribution in [2.75, 3.05) is 17.7 Å². The summed E-state index contributed by atoms with van der Waals surface area (Å²) in [4.78, 5) is 8.56. The number of aromatic hydroxyl groups is 1. The van der Waals surface area contributed by atoms with Crippen LogP contribution in [0, 0.1) is 0 Å². The largest absolute Gasteiger partial charge is 0.504 e. The van der Waals surface area contributed by atoms with Gasteiger partial charge in [0.2, 0.25) is 0 Å². The van der Waals surface area contributed by atoms with E-state index in [1.54, 1.807) is 18.2 Å². The summed E-state index contributed by atoms with van der Waals surface area (Å²) in [6.07, 6.45) is 1.46. The number of methoxy groups -OCH3 is 1. The number of hydrogen-bond donors (Lipinski definition) is 4. The topological polar surface area (TPSA) is 108 Å². The second-order valence-electron chi connectivity index (χ2n) is 6.01. The van der Waals surface area contributed by atoms with Gasteiger partial charge in [-0.2, -0.15) is 5.10 Å². The van der Waals surface area contributed by atoms with Crippen molar-refractivity contribution in [3.05, 3.63) is 59.4 Å². The molecule has 0 bridgehead atoms. The summed E-state index contributed by atoms with van der Waals surface area (Å²) < 4.78 is 5.07. The molecule has 2 aromatic carbocycles. The first kappa shape index (κ1) is 17.9. The highest BCUT2D eigenvalue weighted by Gasteiger charge is 2.13. The monoisotopic (exact) mass is 396 g/mol. The standard InChI is InChI=1S/C19H17ClN6O2/c1-28-15-6-5-11(7-14(15)27)9-21-18-16-17(22-10-23-19(16)26-25-18)24-13-4-2-3-12(20)8-13/h2-8,10,27H,9H2,1H3,(H3,21,22,23,24,25,26). The molecule has 142 valence electrons. The predicted octanol–water partition coefficient (Wildman–Crippen LogP) is 4.08. The maximum atomic E-state index is 9.94. The van der Waals surface area contributed by atoms with Crippen molar-refractivity contribution in [2.24, 2.45) is 0 Å². The van der Waals surface area contributed by atoms with Crippen molar-refractivity contribution >= 4 is 40.0 Å². The molecular formula is C19H17ClN6O2. The van der Waals surface area contributed by atoms with Gasteiger partial charge >= 0.3 is 0 Å². The van der Waals surface area contributed by atoms with Gasteiger partial charge in [-0.05, 0) is 35.9 Å². The number of anilines is 3. The zero-order valence-electron chi connectivity index (χ0n) is 14.9. The van der Waals surface area contributed by atoms with E-state index in [1.807, 2.05) is 24.3 Å². The van der Waals surface area contributed by atoms with E-state index in [0.29, 0.717) is 34.6 Å². The second kappa shape index (κ2) is 7.61. The van der Waals surface area contributed by atoms with E-state index < -0.39 is 0 Å². The molecule has 0 aliphatic carbocycles. The third-order valence-electron chi connectivity index (χ3n) is 4.15. The Kier molecular flexibility index (Phi) is 4.86. The second-order valence-corrected chi connectivity index (χ2v) is 6.45. The van der Waals surface area contributed by atoms with Crippen molar-refractivity contribution < 1.29 is 9.84 Å². The summed E-state index contributed by atoms with van der Waals surface area (Å²) in [6.45, 7) is 0.447. The van der Waals surface area contributed by atoms with Gasteiger partial charge in [0.1, 0.15) is 17.5 Å². The Morgan fingerprint density at radius 3 is 2.82 bits per heavy atom. The molecule has 0 aliphatic rings. The van der Waals surface area contributed by atoms with Crippen LogP contribution in [-0.2, 0) is 6.54 Å². The van der Waals surface area contributed by atoms with E-state index in [-0.39, 0.29) is 5.75 Å². The molecule has 0 aliphatic heterocycles. The van der Waals surface area contributed by atoms with Crippen LogP contribution in [0.4, 0.5) is 17.3 Å². The summed E-state index contributed by atoms with van der Waals surface area (Å²) in [6, 6.07) is 12.6. The van der Waals surface area contributed by atoms with Gasteiger partial charge in [0.05, 0.1) is 7.11 Å². The normalized spacial score (nSPS) is 10.8. The molecule has 4 aromatic rings. The van der Waals surface area contributed by atoms with E-state index >= 15 is 0 Å². The molecule has 2 heterocycles. The van der Waals surface area contributed by atoms with Crippen LogP contribution < -0.4 is 15.4 Å². The fourth-order valence-corrected chi connectivity index (χ4v) is 3.01. The average Bonchev–Trinajstić information content (AvgIpc) is 3.11. The molecule has 0 saturated heterocycles. The van der Waals surface area contributed by atoms with Gasteiger partial charge in [-0.15, -0.1) is 0 Å². The molecule has 0 spiro atoms. The Bertz CT molecular complexity index is 1130. The van der Waals surface area contributed by atoms with Gasteiger partial charge < -0.3 is 20.5 Å². The lowest BCUT2D eigenvalue weighted by molar-refractivity contribution is 0.373. The first-order chi connectivity index (χ1) is 13.6. The van der Waals surface area contributed by atoms with Crippen LogP contribution in [0.5, 0.6) is 11.5 Å². The van der Waals surface area contributed by atoms with Crippen LogP contribution in [0.15, 0.2) is 48.8 Å². The van der Waals surface area contributed by atoms with E-state index in [2.05, 4.69) is 30.8 Å². The minimum atomic E-state index is 0.0836. The molecule has 0 unspecified atom stereocenters. The number of fused-ring (bicyclic) bond motifs is 1. The lowest BCUT2D eigenvalue weighted by Gasteiger charge is -2.09. The molecule has 8 nitrogen and oxygen atoms in total. The summed E-state index contributed by atoms with van der Waals surface area (Å²) in [5, 5.41) is 25.0. The van der Waals surface area contributed by atoms with Crippen molar-refractivity contribution in [3.8, 4) is 11.5 Å². The third kappa shape index (κ3) is 3.63. The molecule has 0 radical (unpaired) electrons. The summed E-state index contributed by atoms with van der Waals surface area (Å²) >= 11 is 6.06. The summed E-state index contributed by atoms with van der Waals surface area (Å²) in [5.74, 6) is 1.70. The Labute approximate surface area is 165 Å². The predicted molar refractivity (Wildman–Crippen MR) is 108 cm³/mol. The van der Waals surface area contributed by atoms with Crippen LogP contribution in [0.1, 0.15) is 5.56 Å². The zero-order chi connectivity index (χ0) is 19.5. The minimum absolute atomic E-state index is 0.0836. The molecular weight excluding hydrogens is 380 g/mol. The highest BCUT2D eigenvalue weighted by atomic mass is 35.5. The van der Waals surface area contributed by atoms with Gasteiger partial charge in [0.15, 0.2) is 23.0 Å². The molecule has 4 rings (SSSR count). The van der Waals surface area contributed by atoms with Gasteiger partial charge in [-0.1, -0.05) is 23.7 Å². The number of nitrogens with one attached hydrogen (secondary N) is 3. The van der Waals surface area contributed by atoms with Crippen LogP contribution in [-0.4, -0.2) is 32.4 Å². The number of ether oxygens (including phenoxy) is 1. The van der Waals surface area contributed by atoms with Crippen molar-refractivity contribution in [3.63, 3.8) is 0 Å². The first-order valence-electron chi connectivity index (χ1n) is 8.45. The number of phenols is 1. The molecule has 28 heavy (non-hydrogen) atoms. The molecule has 0 amide bonds. The fourth-order valence-electron chi connectivity index (χ4n) is 2.82. The number of aromatic amines is 1. The van der Waals surface area contributed by atoms with Gasteiger partial charge in [-0.3, -0.25) is 5.10 Å². The highest BCUT2D eigenvalue weighted by Crippen LogP contribution is 2.30. The zero-order valence-corrected chi connectivity index (χ0v) is 15.7. The Morgan fingerprint density at radius 2 is 2.04 bits per heavy atom. The maximum Gasteiger partial charge on any atom is 0.162 e. The lowest BCUT2D eigenvalue weighted by atomic mass is 10.2. The number of aromatic nitrogens is 4. The van der Waals surface area contributed by atoms with Gasteiger partial charge in [0, 0.05) is 17.3 Å². The number of phenolic OH excluding ortho intramolecular Hbond substituents is 1. The molecule has 9 heteroatoms. The van der Waals surface area contributed by atoms with Crippen LogP contribution >= 0.6 is 11.6 Å². The van der Waals surface area contributed by atoms with E-state index in [1.165, 1.54) is 13.4 Å². The van der Waals surface area contributed by atoms with Gasteiger partial charge in [-0.25, -0.2) is 9.97 Å². The lowest BCUT2D eigenvalue weighted by Crippen LogP contribution is -2.02. The average molecular weight is 397 g/mol. The first-order valence-corrected chi connectivity index (χ1v) is 8.83. The Hall–Kier alpha value is -3.52. The fraction of sp³-hybridized carbons (Fsp3) is 0.105. The van der Waals surface area contributed by atoms with E-state index in [4.69, 9.17) is 16.3 Å². The SMILES string of the molecule is COc1ccc(CNc2n[nH]c3ncnc(Nc4cccc(Cl)c4)c23)cc1O. The van der Waals surface area contributed by atoms with Crippen LogP contribution in [0.25, 0.3) is 11.0 Å². The molecule has 0 saturated carbocycles. The molecule has 0 atom stereocenters. The third-order valence-corrected chi connectivity index (χ3v) is 4.38. The van der Waals surface area contributed by atoms with Crippen LogP contribution in [0.3, 0.4) is 0 Å². The van der Waals surface area contributed by atoms with Crippen LogP contribution in [0.2, 0.25) is 5.02 Å². The number of nitrogens with zero attached hydrogens (tertiary/aromatic N) is 3. The number of rotatable bonds is 6. The Balaban J connectivity index is 1.60.